The van der Waals surface area contributed by atoms with Crippen molar-refractivity contribution in [3.8, 4) is 0 Å². The number of pyridine rings is 1. The van der Waals surface area contributed by atoms with Gasteiger partial charge in [-0.05, 0) is 19.1 Å². The number of carbonyl (C=O) groups is 1. The van der Waals surface area contributed by atoms with Crippen LogP contribution in [0.25, 0.3) is 0 Å². The zero-order chi connectivity index (χ0) is 12.4. The third-order valence-electron chi connectivity index (χ3n) is 1.92. The van der Waals surface area contributed by atoms with Crippen molar-refractivity contribution in [3.63, 3.8) is 0 Å². The molecule has 0 saturated carbocycles. The number of amides is 1. The predicted molar refractivity (Wildman–Crippen MR) is 62.9 cm³/mol. The minimum absolute atomic E-state index is 0.0301. The average molecular weight is 253 g/mol. The maximum Gasteiger partial charge on any atom is 0.301 e. The summed E-state index contributed by atoms with van der Waals surface area (Å²) in [6.07, 6.45) is 1.42. The summed E-state index contributed by atoms with van der Waals surface area (Å²) in [5, 5.41) is 2.64. The smallest absolute Gasteiger partial charge is 0.301 e. The number of nitrogens with one attached hydrogen (secondary N) is 1. The van der Waals surface area contributed by atoms with Crippen LogP contribution < -0.4 is 11.1 Å². The standard InChI is InChI=1S/C10H9ClN4O2/c1-5-4-17-10(13-5)15-9(16)8-6(11)2-3-7(12)14-8/h2-4H,1H3,(H2,12,14)(H,13,15,16). The lowest BCUT2D eigenvalue weighted by atomic mass is 10.3. The van der Waals surface area contributed by atoms with Crippen LogP contribution in [0.15, 0.2) is 22.8 Å². The van der Waals surface area contributed by atoms with E-state index in [1.54, 1.807) is 6.92 Å². The molecule has 0 aliphatic rings. The van der Waals surface area contributed by atoms with Crippen LogP contribution in [0.4, 0.5) is 11.8 Å². The maximum atomic E-state index is 11.8. The molecule has 2 aromatic rings. The molecule has 0 atom stereocenters. The van der Waals surface area contributed by atoms with Crippen molar-refractivity contribution in [3.05, 3.63) is 34.8 Å². The monoisotopic (exact) mass is 252 g/mol. The Balaban J connectivity index is 2.22. The largest absolute Gasteiger partial charge is 0.432 e. The van der Waals surface area contributed by atoms with Crippen LogP contribution in [0.3, 0.4) is 0 Å². The Labute approximate surface area is 102 Å². The molecular formula is C10H9ClN4O2. The Hall–Kier alpha value is -2.08. The Morgan fingerprint density at radius 1 is 1.47 bits per heavy atom. The second-order valence-electron chi connectivity index (χ2n) is 3.31. The Bertz CT molecular complexity index is 567. The maximum absolute atomic E-state index is 11.8. The van der Waals surface area contributed by atoms with Gasteiger partial charge < -0.3 is 10.2 Å². The van der Waals surface area contributed by atoms with Crippen molar-refractivity contribution in [1.82, 2.24) is 9.97 Å². The first-order valence-electron chi connectivity index (χ1n) is 4.72. The van der Waals surface area contributed by atoms with Gasteiger partial charge in [0.15, 0.2) is 0 Å². The molecule has 0 fully saturated rings. The molecule has 0 spiro atoms. The van der Waals surface area contributed by atoms with Gasteiger partial charge in [-0.2, -0.15) is 4.98 Å². The van der Waals surface area contributed by atoms with E-state index in [2.05, 4.69) is 15.3 Å². The number of aromatic nitrogens is 2. The molecule has 1 amide bonds. The fraction of sp³-hybridized carbons (Fsp3) is 0.100. The zero-order valence-electron chi connectivity index (χ0n) is 8.90. The van der Waals surface area contributed by atoms with Gasteiger partial charge in [0.2, 0.25) is 0 Å². The number of halogens is 1. The summed E-state index contributed by atoms with van der Waals surface area (Å²) < 4.78 is 4.98. The molecule has 0 aliphatic carbocycles. The SMILES string of the molecule is Cc1coc(NC(=O)c2nc(N)ccc2Cl)n1. The first-order valence-corrected chi connectivity index (χ1v) is 5.09. The Morgan fingerprint density at radius 2 is 2.24 bits per heavy atom. The second kappa shape index (κ2) is 4.42. The number of carbonyl (C=O) groups excluding carboxylic acids is 1. The highest BCUT2D eigenvalue weighted by atomic mass is 35.5. The molecule has 2 heterocycles. The molecule has 0 bridgehead atoms. The van der Waals surface area contributed by atoms with Gasteiger partial charge in [-0.25, -0.2) is 4.98 Å². The van der Waals surface area contributed by atoms with E-state index < -0.39 is 5.91 Å². The fourth-order valence-corrected chi connectivity index (χ4v) is 1.38. The van der Waals surface area contributed by atoms with Crippen LogP contribution in [0, 0.1) is 6.92 Å². The van der Waals surface area contributed by atoms with Crippen LogP contribution in [-0.4, -0.2) is 15.9 Å². The molecule has 17 heavy (non-hydrogen) atoms. The van der Waals surface area contributed by atoms with E-state index in [1.165, 1.54) is 18.4 Å². The Morgan fingerprint density at radius 3 is 2.88 bits per heavy atom. The van der Waals surface area contributed by atoms with Crippen molar-refractivity contribution in [2.45, 2.75) is 6.92 Å². The van der Waals surface area contributed by atoms with Crippen molar-refractivity contribution >= 4 is 29.3 Å². The van der Waals surface area contributed by atoms with Crippen molar-refractivity contribution in [2.75, 3.05) is 11.1 Å². The second-order valence-corrected chi connectivity index (χ2v) is 3.72. The summed E-state index contributed by atoms with van der Waals surface area (Å²) in [5.41, 5.74) is 6.16. The van der Waals surface area contributed by atoms with E-state index in [1.807, 2.05) is 0 Å². The molecule has 0 saturated heterocycles. The highest BCUT2D eigenvalue weighted by Gasteiger charge is 2.14. The Kier molecular flexibility index (Phi) is 2.97. The fourth-order valence-electron chi connectivity index (χ4n) is 1.18. The molecular weight excluding hydrogens is 244 g/mol. The van der Waals surface area contributed by atoms with Gasteiger partial charge in [0.05, 0.1) is 10.7 Å². The van der Waals surface area contributed by atoms with Gasteiger partial charge in [-0.1, -0.05) is 11.6 Å². The summed E-state index contributed by atoms with van der Waals surface area (Å²) in [4.78, 5) is 19.6. The first-order chi connectivity index (χ1) is 8.06. The highest BCUT2D eigenvalue weighted by molar-refractivity contribution is 6.34. The van der Waals surface area contributed by atoms with Gasteiger partial charge >= 0.3 is 6.01 Å². The molecule has 6 nitrogen and oxygen atoms in total. The molecule has 2 aromatic heterocycles. The van der Waals surface area contributed by atoms with Gasteiger partial charge in [-0.3, -0.25) is 10.1 Å². The van der Waals surface area contributed by atoms with E-state index in [-0.39, 0.29) is 22.5 Å². The van der Waals surface area contributed by atoms with Gasteiger partial charge in [0.25, 0.3) is 5.91 Å². The molecule has 7 heteroatoms. The number of nitrogens with two attached hydrogens (primary N) is 1. The number of rotatable bonds is 2. The van der Waals surface area contributed by atoms with Crippen LogP contribution in [0.1, 0.15) is 16.2 Å². The van der Waals surface area contributed by atoms with E-state index in [9.17, 15) is 4.79 Å². The normalized spacial score (nSPS) is 10.2. The number of aryl methyl sites for hydroxylation is 1. The lowest BCUT2D eigenvalue weighted by molar-refractivity contribution is 0.101. The summed E-state index contributed by atoms with van der Waals surface area (Å²) in [6, 6.07) is 3.10. The van der Waals surface area contributed by atoms with E-state index in [0.29, 0.717) is 5.69 Å². The van der Waals surface area contributed by atoms with Gasteiger partial charge in [0, 0.05) is 0 Å². The molecule has 0 aliphatic heterocycles. The number of nitrogen functional groups attached to an aromatic ring is 1. The summed E-state index contributed by atoms with van der Waals surface area (Å²) in [5.74, 6) is -0.313. The van der Waals surface area contributed by atoms with Crippen LogP contribution in [0.5, 0.6) is 0 Å². The van der Waals surface area contributed by atoms with E-state index in [0.717, 1.165) is 0 Å². The molecule has 88 valence electrons. The van der Waals surface area contributed by atoms with Crippen LogP contribution >= 0.6 is 11.6 Å². The average Bonchev–Trinajstić information content (AvgIpc) is 2.67. The van der Waals surface area contributed by atoms with Crippen molar-refractivity contribution in [1.29, 1.82) is 0 Å². The van der Waals surface area contributed by atoms with Gasteiger partial charge in [-0.15, -0.1) is 0 Å². The van der Waals surface area contributed by atoms with E-state index >= 15 is 0 Å². The highest BCUT2D eigenvalue weighted by Crippen LogP contribution is 2.17. The van der Waals surface area contributed by atoms with Crippen molar-refractivity contribution in [2.24, 2.45) is 0 Å². The molecule has 3 N–H and O–H groups in total. The molecule has 0 unspecified atom stereocenters. The first kappa shape index (κ1) is 11.4. The quantitative estimate of drug-likeness (QED) is 0.851. The van der Waals surface area contributed by atoms with Crippen LogP contribution in [0.2, 0.25) is 5.02 Å². The topological polar surface area (TPSA) is 94.0 Å². The van der Waals surface area contributed by atoms with E-state index in [4.69, 9.17) is 21.8 Å². The lowest BCUT2D eigenvalue weighted by Crippen LogP contribution is -2.15. The zero-order valence-corrected chi connectivity index (χ0v) is 9.65. The third kappa shape index (κ3) is 2.54. The lowest BCUT2D eigenvalue weighted by Gasteiger charge is -2.03. The third-order valence-corrected chi connectivity index (χ3v) is 2.23. The molecule has 0 radical (unpaired) electrons. The molecule has 0 aromatic carbocycles. The predicted octanol–water partition coefficient (Wildman–Crippen LogP) is 1.87. The number of hydrogen-bond acceptors (Lipinski definition) is 5. The summed E-state index contributed by atoms with van der Waals surface area (Å²) in [7, 11) is 0. The van der Waals surface area contributed by atoms with Crippen LogP contribution in [-0.2, 0) is 0 Å². The summed E-state index contributed by atoms with van der Waals surface area (Å²) in [6.45, 7) is 1.74. The number of hydrogen-bond donors (Lipinski definition) is 2. The number of oxazole rings is 1. The number of anilines is 2. The molecule has 2 rings (SSSR count). The number of nitrogens with zero attached hydrogens (tertiary/aromatic N) is 2. The minimum Gasteiger partial charge on any atom is -0.432 e. The van der Waals surface area contributed by atoms with Crippen molar-refractivity contribution < 1.29 is 9.21 Å². The van der Waals surface area contributed by atoms with Gasteiger partial charge in [0.1, 0.15) is 17.8 Å². The minimum atomic E-state index is -0.524. The summed E-state index contributed by atoms with van der Waals surface area (Å²) >= 11 is 5.83.